The third-order valence-electron chi connectivity index (χ3n) is 3.15. The lowest BCUT2D eigenvalue weighted by Gasteiger charge is -2.29. The average Bonchev–Trinajstić information content (AvgIpc) is 2.35. The maximum Gasteiger partial charge on any atom is 0.226 e. The van der Waals surface area contributed by atoms with Gasteiger partial charge in [0.1, 0.15) is 0 Å². The van der Waals surface area contributed by atoms with Crippen LogP contribution in [0.3, 0.4) is 0 Å². The van der Waals surface area contributed by atoms with Crippen LogP contribution in [0, 0.1) is 0 Å². The van der Waals surface area contributed by atoms with E-state index in [1.54, 1.807) is 12.1 Å². The van der Waals surface area contributed by atoms with E-state index in [1.165, 1.54) is 0 Å². The summed E-state index contributed by atoms with van der Waals surface area (Å²) in [6, 6.07) is 7.36. The van der Waals surface area contributed by atoms with Crippen molar-refractivity contribution in [2.75, 3.05) is 19.7 Å². The Morgan fingerprint density at radius 1 is 1.37 bits per heavy atom. The van der Waals surface area contributed by atoms with E-state index in [-0.39, 0.29) is 18.6 Å². The molecule has 19 heavy (non-hydrogen) atoms. The average molecular weight is 285 g/mol. The van der Waals surface area contributed by atoms with Crippen LogP contribution in [0.2, 0.25) is 5.02 Å². The number of primary amides is 1. The number of benzene rings is 1. The molecule has 1 atom stereocenters. The first kappa shape index (κ1) is 16.0. The summed E-state index contributed by atoms with van der Waals surface area (Å²) in [4.78, 5) is 13.7. The Kier molecular flexibility index (Phi) is 6.28. The zero-order valence-electron chi connectivity index (χ0n) is 11.3. The first-order chi connectivity index (χ1) is 8.95. The molecule has 0 radical (unpaired) electrons. The predicted molar refractivity (Wildman–Crippen MR) is 77.2 cm³/mol. The number of amides is 1. The summed E-state index contributed by atoms with van der Waals surface area (Å²) in [6.45, 7) is 5.12. The van der Waals surface area contributed by atoms with Crippen LogP contribution in [0.1, 0.15) is 25.3 Å². The summed E-state index contributed by atoms with van der Waals surface area (Å²) in [5.74, 6) is -0.767. The van der Waals surface area contributed by atoms with Gasteiger partial charge in [-0.3, -0.25) is 9.69 Å². The Morgan fingerprint density at radius 3 is 2.37 bits per heavy atom. The molecule has 1 aromatic rings. The molecule has 4 nitrogen and oxygen atoms in total. The lowest BCUT2D eigenvalue weighted by atomic mass is 9.97. The number of nitrogens with two attached hydrogens (primary N) is 1. The maximum absolute atomic E-state index is 11.6. The van der Waals surface area contributed by atoms with Gasteiger partial charge in [-0.1, -0.05) is 23.7 Å². The van der Waals surface area contributed by atoms with E-state index in [1.807, 2.05) is 30.9 Å². The zero-order chi connectivity index (χ0) is 14.4. The molecular formula is C14H21ClN2O2. The molecule has 0 aliphatic carbocycles. The van der Waals surface area contributed by atoms with Gasteiger partial charge in [-0.2, -0.15) is 0 Å². The highest BCUT2D eigenvalue weighted by Gasteiger charge is 2.22. The predicted octanol–water partition coefficient (Wildman–Crippen LogP) is 1.61. The highest BCUT2D eigenvalue weighted by molar-refractivity contribution is 6.30. The molecule has 0 bridgehead atoms. The molecule has 1 unspecified atom stereocenters. The number of carbonyl (C=O) groups excluding carboxylic acids is 1. The second kappa shape index (κ2) is 7.48. The molecule has 0 saturated carbocycles. The summed E-state index contributed by atoms with van der Waals surface area (Å²) < 4.78 is 0. The van der Waals surface area contributed by atoms with Crippen LogP contribution in [0.4, 0.5) is 0 Å². The van der Waals surface area contributed by atoms with Gasteiger partial charge < -0.3 is 10.8 Å². The number of halogens is 1. The van der Waals surface area contributed by atoms with Crippen LogP contribution in [0.15, 0.2) is 24.3 Å². The van der Waals surface area contributed by atoms with Crippen molar-refractivity contribution in [3.05, 3.63) is 34.9 Å². The molecule has 0 aliphatic heterocycles. The minimum atomic E-state index is -0.397. The van der Waals surface area contributed by atoms with Gasteiger partial charge in [0.05, 0.1) is 12.5 Å². The number of carbonyl (C=O) groups is 1. The fraction of sp³-hybridized carbons (Fsp3) is 0.500. The van der Waals surface area contributed by atoms with Gasteiger partial charge >= 0.3 is 0 Å². The van der Waals surface area contributed by atoms with Gasteiger partial charge in [0.2, 0.25) is 5.91 Å². The van der Waals surface area contributed by atoms with E-state index in [0.29, 0.717) is 18.1 Å². The number of hydrogen-bond donors (Lipinski definition) is 2. The summed E-state index contributed by atoms with van der Waals surface area (Å²) in [6.07, 6.45) is 0. The van der Waals surface area contributed by atoms with Crippen molar-refractivity contribution >= 4 is 17.5 Å². The molecule has 0 fully saturated rings. The van der Waals surface area contributed by atoms with Crippen LogP contribution < -0.4 is 5.73 Å². The van der Waals surface area contributed by atoms with Gasteiger partial charge in [0.15, 0.2) is 0 Å². The fourth-order valence-electron chi connectivity index (χ4n) is 1.98. The van der Waals surface area contributed by atoms with E-state index < -0.39 is 5.92 Å². The monoisotopic (exact) mass is 284 g/mol. The van der Waals surface area contributed by atoms with Crippen LogP contribution in [-0.4, -0.2) is 41.7 Å². The van der Waals surface area contributed by atoms with Crippen molar-refractivity contribution in [2.45, 2.75) is 25.8 Å². The van der Waals surface area contributed by atoms with Gasteiger partial charge in [-0.05, 0) is 31.5 Å². The molecule has 1 rings (SSSR count). The van der Waals surface area contributed by atoms with Crippen molar-refractivity contribution in [1.29, 1.82) is 0 Å². The standard InChI is InChI=1S/C14H21ClN2O2/c1-10(2)17(7-8-18)9-13(14(16)19)11-3-5-12(15)6-4-11/h3-6,10,13,18H,7-9H2,1-2H3,(H2,16,19). The summed E-state index contributed by atoms with van der Waals surface area (Å²) >= 11 is 5.84. The van der Waals surface area contributed by atoms with Gasteiger partial charge in [-0.25, -0.2) is 0 Å². The summed E-state index contributed by atoms with van der Waals surface area (Å²) in [5, 5.41) is 9.70. The first-order valence-corrected chi connectivity index (χ1v) is 6.73. The molecule has 5 heteroatoms. The molecule has 1 amide bonds. The molecule has 106 valence electrons. The fourth-order valence-corrected chi connectivity index (χ4v) is 2.10. The SMILES string of the molecule is CC(C)N(CCO)CC(C(N)=O)c1ccc(Cl)cc1. The number of aliphatic hydroxyl groups excluding tert-OH is 1. The van der Waals surface area contributed by atoms with Crippen molar-refractivity contribution in [3.63, 3.8) is 0 Å². The Hall–Kier alpha value is -1.10. The minimum absolute atomic E-state index is 0.0598. The normalized spacial score (nSPS) is 12.9. The highest BCUT2D eigenvalue weighted by Crippen LogP contribution is 2.20. The van der Waals surface area contributed by atoms with Crippen LogP contribution in [0.5, 0.6) is 0 Å². The third-order valence-corrected chi connectivity index (χ3v) is 3.40. The number of nitrogens with zero attached hydrogens (tertiary/aromatic N) is 1. The first-order valence-electron chi connectivity index (χ1n) is 6.35. The van der Waals surface area contributed by atoms with Crippen LogP contribution in [0.25, 0.3) is 0 Å². The largest absolute Gasteiger partial charge is 0.395 e. The maximum atomic E-state index is 11.6. The van der Waals surface area contributed by atoms with Crippen molar-refractivity contribution in [3.8, 4) is 0 Å². The summed E-state index contributed by atoms with van der Waals surface area (Å²) in [7, 11) is 0. The van der Waals surface area contributed by atoms with Crippen LogP contribution in [-0.2, 0) is 4.79 Å². The van der Waals surface area contributed by atoms with Crippen molar-refractivity contribution in [2.24, 2.45) is 5.73 Å². The highest BCUT2D eigenvalue weighted by atomic mass is 35.5. The zero-order valence-corrected chi connectivity index (χ0v) is 12.1. The smallest absolute Gasteiger partial charge is 0.226 e. The van der Waals surface area contributed by atoms with Gasteiger partial charge in [-0.15, -0.1) is 0 Å². The number of aliphatic hydroxyl groups is 1. The van der Waals surface area contributed by atoms with Gasteiger partial charge in [0, 0.05) is 24.2 Å². The van der Waals surface area contributed by atoms with Gasteiger partial charge in [0.25, 0.3) is 0 Å². The molecular weight excluding hydrogens is 264 g/mol. The third kappa shape index (κ3) is 4.82. The molecule has 0 spiro atoms. The van der Waals surface area contributed by atoms with E-state index in [4.69, 9.17) is 22.4 Å². The minimum Gasteiger partial charge on any atom is -0.395 e. The number of rotatable bonds is 7. The topological polar surface area (TPSA) is 66.6 Å². The van der Waals surface area contributed by atoms with Crippen LogP contribution >= 0.6 is 11.6 Å². The number of hydrogen-bond acceptors (Lipinski definition) is 3. The van der Waals surface area contributed by atoms with E-state index >= 15 is 0 Å². The summed E-state index contributed by atoms with van der Waals surface area (Å²) in [5.41, 5.74) is 6.34. The van der Waals surface area contributed by atoms with E-state index in [9.17, 15) is 4.79 Å². The van der Waals surface area contributed by atoms with Crippen molar-refractivity contribution < 1.29 is 9.90 Å². The molecule has 3 N–H and O–H groups in total. The molecule has 0 saturated heterocycles. The molecule has 0 aromatic heterocycles. The quantitative estimate of drug-likeness (QED) is 0.799. The van der Waals surface area contributed by atoms with Crippen molar-refractivity contribution in [1.82, 2.24) is 4.90 Å². The lowest BCUT2D eigenvalue weighted by molar-refractivity contribution is -0.120. The lowest BCUT2D eigenvalue weighted by Crippen LogP contribution is -2.40. The van der Waals surface area contributed by atoms with E-state index in [0.717, 1.165) is 5.56 Å². The Balaban J connectivity index is 2.88. The Bertz CT molecular complexity index is 406. The molecule has 0 heterocycles. The Labute approximate surface area is 119 Å². The Morgan fingerprint density at radius 2 is 1.95 bits per heavy atom. The molecule has 0 aliphatic rings. The van der Waals surface area contributed by atoms with E-state index in [2.05, 4.69) is 0 Å². The second-order valence-corrected chi connectivity index (χ2v) is 5.26. The molecule has 1 aromatic carbocycles. The second-order valence-electron chi connectivity index (χ2n) is 4.82.